The Kier molecular flexibility index (Phi) is 7.61. The van der Waals surface area contributed by atoms with Crippen LogP contribution in [-0.4, -0.2) is 30.4 Å². The van der Waals surface area contributed by atoms with Gasteiger partial charge in [0.25, 0.3) is 5.56 Å². The van der Waals surface area contributed by atoms with Gasteiger partial charge in [-0.05, 0) is 73.5 Å². The third kappa shape index (κ3) is 4.99. The molecule has 1 aromatic carbocycles. The zero-order chi connectivity index (χ0) is 25.1. The summed E-state index contributed by atoms with van der Waals surface area (Å²) in [6, 6.07) is 8.19. The lowest BCUT2D eigenvalue weighted by molar-refractivity contribution is -0.139. The molecule has 0 amide bonds. The highest BCUT2D eigenvalue weighted by Crippen LogP contribution is 2.36. The van der Waals surface area contributed by atoms with Crippen molar-refractivity contribution in [3.8, 4) is 11.5 Å². The van der Waals surface area contributed by atoms with Crippen LogP contribution < -0.4 is 24.4 Å². The van der Waals surface area contributed by atoms with Gasteiger partial charge in [-0.25, -0.2) is 9.79 Å². The molecule has 3 heterocycles. The molecular formula is C25H25BrN2O6S. The smallest absolute Gasteiger partial charge is 0.338 e. The topological polar surface area (TPSA) is 92.3 Å². The van der Waals surface area contributed by atoms with Crippen LogP contribution in [0, 0.1) is 0 Å². The first-order valence-electron chi connectivity index (χ1n) is 11.2. The molecule has 184 valence electrons. The highest BCUT2D eigenvalue weighted by atomic mass is 79.9. The second-order valence-corrected chi connectivity index (χ2v) is 9.31. The van der Waals surface area contributed by atoms with Gasteiger partial charge in [-0.3, -0.25) is 9.36 Å². The minimum Gasteiger partial charge on any atom is -0.490 e. The predicted octanol–water partition coefficient (Wildman–Crippen LogP) is 3.95. The van der Waals surface area contributed by atoms with Crippen molar-refractivity contribution in [2.75, 3.05) is 19.8 Å². The average Bonchev–Trinajstić information content (AvgIpc) is 3.37. The van der Waals surface area contributed by atoms with Crippen LogP contribution >= 0.6 is 27.3 Å². The number of benzene rings is 1. The fourth-order valence-corrected chi connectivity index (χ4v) is 5.23. The molecule has 1 atom stereocenters. The molecule has 35 heavy (non-hydrogen) atoms. The molecule has 1 aliphatic heterocycles. The number of rotatable bonds is 8. The Labute approximate surface area is 214 Å². The zero-order valence-corrected chi connectivity index (χ0v) is 22.2. The molecule has 0 radical (unpaired) electrons. The average molecular weight is 561 g/mol. The van der Waals surface area contributed by atoms with Crippen molar-refractivity contribution >= 4 is 39.3 Å². The molecular weight excluding hydrogens is 536 g/mol. The van der Waals surface area contributed by atoms with Gasteiger partial charge in [0.15, 0.2) is 21.0 Å². The Bertz CT molecular complexity index is 1470. The Morgan fingerprint density at radius 3 is 2.54 bits per heavy atom. The number of nitrogens with zero attached hydrogens (tertiary/aromatic N) is 2. The molecule has 1 aliphatic rings. The van der Waals surface area contributed by atoms with E-state index in [-0.39, 0.29) is 12.2 Å². The van der Waals surface area contributed by atoms with Crippen molar-refractivity contribution in [3.05, 3.63) is 77.3 Å². The number of halogens is 1. The van der Waals surface area contributed by atoms with Crippen LogP contribution in [0.2, 0.25) is 0 Å². The lowest BCUT2D eigenvalue weighted by atomic mass is 9.95. The maximum Gasteiger partial charge on any atom is 0.338 e. The molecule has 3 aromatic rings. The van der Waals surface area contributed by atoms with Crippen LogP contribution in [0.1, 0.15) is 45.1 Å². The molecule has 0 saturated heterocycles. The molecule has 0 saturated carbocycles. The second-order valence-electron chi connectivity index (χ2n) is 7.52. The van der Waals surface area contributed by atoms with Crippen LogP contribution in [-0.2, 0) is 9.53 Å². The van der Waals surface area contributed by atoms with Gasteiger partial charge < -0.3 is 18.6 Å². The summed E-state index contributed by atoms with van der Waals surface area (Å²) < 4.78 is 24.9. The van der Waals surface area contributed by atoms with Gasteiger partial charge >= 0.3 is 5.97 Å². The number of esters is 1. The van der Waals surface area contributed by atoms with Crippen LogP contribution in [0.4, 0.5) is 0 Å². The molecule has 10 heteroatoms. The number of thiazole rings is 1. The van der Waals surface area contributed by atoms with Crippen LogP contribution in [0.3, 0.4) is 0 Å². The van der Waals surface area contributed by atoms with Gasteiger partial charge in [0, 0.05) is 6.08 Å². The maximum atomic E-state index is 13.6. The third-order valence-electron chi connectivity index (χ3n) is 5.27. The monoisotopic (exact) mass is 560 g/mol. The number of aromatic nitrogens is 1. The number of carbonyl (C=O) groups excluding carboxylic acids is 1. The molecule has 2 aromatic heterocycles. The number of carbonyl (C=O) groups is 1. The number of allylic oxidation sites excluding steroid dienone is 1. The van der Waals surface area contributed by atoms with E-state index in [4.69, 9.17) is 18.6 Å². The fourth-order valence-electron chi connectivity index (χ4n) is 3.88. The van der Waals surface area contributed by atoms with Crippen molar-refractivity contribution in [2.24, 2.45) is 4.99 Å². The molecule has 0 N–H and O–H groups in total. The third-order valence-corrected chi connectivity index (χ3v) is 6.68. The minimum absolute atomic E-state index is 0.202. The van der Waals surface area contributed by atoms with E-state index >= 15 is 0 Å². The van der Waals surface area contributed by atoms with Gasteiger partial charge in [0.2, 0.25) is 0 Å². The zero-order valence-electron chi connectivity index (χ0n) is 19.8. The Hall–Kier alpha value is -3.11. The quantitative estimate of drug-likeness (QED) is 0.387. The normalized spacial score (nSPS) is 15.6. The van der Waals surface area contributed by atoms with Crippen molar-refractivity contribution in [1.29, 1.82) is 0 Å². The number of fused-ring (bicyclic) bond motifs is 1. The van der Waals surface area contributed by atoms with E-state index in [0.29, 0.717) is 61.3 Å². The first-order valence-corrected chi connectivity index (χ1v) is 12.8. The summed E-state index contributed by atoms with van der Waals surface area (Å²) in [5, 5.41) is 0. The molecule has 0 spiro atoms. The van der Waals surface area contributed by atoms with E-state index in [9.17, 15) is 9.59 Å². The predicted molar refractivity (Wildman–Crippen MR) is 136 cm³/mol. The summed E-state index contributed by atoms with van der Waals surface area (Å²) in [5.74, 6) is 1.13. The number of hydrogen-bond donors (Lipinski definition) is 0. The highest BCUT2D eigenvalue weighted by Gasteiger charge is 2.34. The van der Waals surface area contributed by atoms with Gasteiger partial charge in [0.1, 0.15) is 5.76 Å². The van der Waals surface area contributed by atoms with Gasteiger partial charge in [-0.1, -0.05) is 17.4 Å². The van der Waals surface area contributed by atoms with E-state index in [1.165, 1.54) is 15.9 Å². The summed E-state index contributed by atoms with van der Waals surface area (Å²) in [6.45, 7) is 8.38. The van der Waals surface area contributed by atoms with Gasteiger partial charge in [-0.2, -0.15) is 0 Å². The minimum atomic E-state index is -0.745. The summed E-state index contributed by atoms with van der Waals surface area (Å²) >= 11 is 4.51. The van der Waals surface area contributed by atoms with E-state index in [0.717, 1.165) is 0 Å². The van der Waals surface area contributed by atoms with Crippen LogP contribution in [0.15, 0.2) is 60.5 Å². The Morgan fingerprint density at radius 2 is 1.89 bits per heavy atom. The van der Waals surface area contributed by atoms with Crippen molar-refractivity contribution in [3.63, 3.8) is 0 Å². The Balaban J connectivity index is 1.95. The van der Waals surface area contributed by atoms with E-state index < -0.39 is 12.0 Å². The van der Waals surface area contributed by atoms with Crippen molar-refractivity contribution in [2.45, 2.75) is 33.7 Å². The summed E-state index contributed by atoms with van der Waals surface area (Å²) in [5.41, 5.74) is 1.20. The lowest BCUT2D eigenvalue weighted by Gasteiger charge is -2.25. The number of ether oxygens (including phenoxy) is 3. The first kappa shape index (κ1) is 25.0. The molecule has 0 bridgehead atoms. The van der Waals surface area contributed by atoms with Gasteiger partial charge in [0.05, 0.1) is 41.7 Å². The highest BCUT2D eigenvalue weighted by molar-refractivity contribution is 9.10. The van der Waals surface area contributed by atoms with Crippen LogP contribution in [0.25, 0.3) is 6.08 Å². The largest absolute Gasteiger partial charge is 0.490 e. The molecule has 4 rings (SSSR count). The number of hydrogen-bond acceptors (Lipinski definition) is 8. The van der Waals surface area contributed by atoms with E-state index in [2.05, 4.69) is 20.9 Å². The SMILES string of the molecule is CCOC(=O)C1=C(C)N=c2sc(=Cc3ccc(Br)o3)c(=O)n2[C@@H]1c1ccc(OCC)c(OCC)c1. The van der Waals surface area contributed by atoms with Gasteiger partial charge in [-0.15, -0.1) is 0 Å². The maximum absolute atomic E-state index is 13.6. The molecule has 0 unspecified atom stereocenters. The fraction of sp³-hybridized carbons (Fsp3) is 0.320. The molecule has 8 nitrogen and oxygen atoms in total. The van der Waals surface area contributed by atoms with Crippen molar-refractivity contribution < 1.29 is 23.4 Å². The summed E-state index contributed by atoms with van der Waals surface area (Å²) in [4.78, 5) is 31.7. The van der Waals surface area contributed by atoms with E-state index in [1.807, 2.05) is 19.9 Å². The molecule has 0 aliphatic carbocycles. The molecule has 0 fully saturated rings. The second kappa shape index (κ2) is 10.7. The standard InChI is InChI=1S/C25H25BrN2O6S/c1-5-31-17-10-8-15(12-18(17)32-6-2)22-21(24(30)33-7-3)14(4)27-25-28(22)23(29)19(35-25)13-16-9-11-20(26)34-16/h8-13,22H,5-7H2,1-4H3/t22-/m1/s1. The Morgan fingerprint density at radius 1 is 1.14 bits per heavy atom. The lowest BCUT2D eigenvalue weighted by Crippen LogP contribution is -2.40. The van der Waals surface area contributed by atoms with Crippen molar-refractivity contribution in [1.82, 2.24) is 4.57 Å². The first-order chi connectivity index (χ1) is 16.9. The summed E-state index contributed by atoms with van der Waals surface area (Å²) in [6.07, 6.45) is 1.67. The number of furan rings is 1. The van der Waals surface area contributed by atoms with E-state index in [1.54, 1.807) is 44.2 Å². The summed E-state index contributed by atoms with van der Waals surface area (Å²) in [7, 11) is 0. The van der Waals surface area contributed by atoms with Crippen LogP contribution in [0.5, 0.6) is 11.5 Å².